The van der Waals surface area contributed by atoms with Crippen molar-refractivity contribution in [1.82, 2.24) is 44.6 Å². The Hall–Kier alpha value is -5.86. The first-order valence-corrected chi connectivity index (χ1v) is 18.7. The van der Waals surface area contributed by atoms with Crippen LogP contribution < -0.4 is 21.6 Å². The summed E-state index contributed by atoms with van der Waals surface area (Å²) >= 11 is 0. The number of imidazole rings is 1. The van der Waals surface area contributed by atoms with Gasteiger partial charge in [0.1, 0.15) is 6.04 Å². The number of H-pyrrole nitrogens is 1. The minimum Gasteiger partial charge on any atom is -0.356 e. The topological polar surface area (TPSA) is 193 Å². The zero-order chi connectivity index (χ0) is 39.5. The molecule has 56 heavy (non-hydrogen) atoms. The maximum Gasteiger partial charge on any atom is 0.329 e. The molecule has 7 rings (SSSR count). The van der Waals surface area contributed by atoms with Gasteiger partial charge in [-0.3, -0.25) is 44.1 Å². The molecule has 292 valence electrons. The van der Waals surface area contributed by atoms with E-state index in [1.165, 1.54) is 15.3 Å². The number of nitrogens with zero attached hydrogens (tertiary/aromatic N) is 6. The molecule has 0 bridgehead atoms. The first-order valence-electron chi connectivity index (χ1n) is 18.7. The summed E-state index contributed by atoms with van der Waals surface area (Å²) in [5, 5.41) is 29.9. The number of hydrogen-bond donors (Lipinski definition) is 5. The molecule has 5 aromatic rings. The van der Waals surface area contributed by atoms with Crippen molar-refractivity contribution in [3.63, 3.8) is 0 Å². The summed E-state index contributed by atoms with van der Waals surface area (Å²) in [6.07, 6.45) is 5.02. The lowest BCUT2D eigenvalue weighted by Gasteiger charge is -2.21. The van der Waals surface area contributed by atoms with Crippen LogP contribution in [0.25, 0.3) is 16.7 Å². The number of ether oxygens (including phenoxy) is 1. The molecule has 4 heterocycles. The molecule has 16 nitrogen and oxygen atoms in total. The first kappa shape index (κ1) is 38.4. The molecule has 2 aliphatic rings. The van der Waals surface area contributed by atoms with Crippen LogP contribution in [-0.4, -0.2) is 89.0 Å². The normalized spacial score (nSPS) is 19.0. The molecule has 1 saturated heterocycles. The van der Waals surface area contributed by atoms with Crippen LogP contribution in [0.1, 0.15) is 85.1 Å². The smallest absolute Gasteiger partial charge is 0.329 e. The van der Waals surface area contributed by atoms with Crippen LogP contribution in [0, 0.1) is 11.8 Å². The van der Waals surface area contributed by atoms with Gasteiger partial charge in [-0.15, -0.1) is 0 Å². The van der Waals surface area contributed by atoms with Crippen LogP contribution in [0.5, 0.6) is 0 Å². The molecular weight excluding hydrogens is 717 g/mol. The van der Waals surface area contributed by atoms with E-state index in [9.17, 15) is 24.3 Å². The van der Waals surface area contributed by atoms with Crippen LogP contribution >= 0.6 is 0 Å². The Morgan fingerprint density at radius 3 is 2.70 bits per heavy atom. The number of anilines is 1. The molecule has 2 unspecified atom stereocenters. The number of rotatable bonds is 12. The molecule has 0 radical (unpaired) electrons. The molecule has 0 spiro atoms. The second-order valence-electron chi connectivity index (χ2n) is 14.8. The number of aliphatic hydroxyl groups excluding tert-OH is 1. The Bertz CT molecular complexity index is 2360. The van der Waals surface area contributed by atoms with Crippen molar-refractivity contribution in [3.8, 4) is 17.5 Å². The van der Waals surface area contributed by atoms with Crippen LogP contribution in [0.15, 0.2) is 65.7 Å². The third kappa shape index (κ3) is 8.51. The van der Waals surface area contributed by atoms with Gasteiger partial charge in [-0.25, -0.2) is 9.48 Å². The fourth-order valence-electron chi connectivity index (χ4n) is 7.39. The summed E-state index contributed by atoms with van der Waals surface area (Å²) in [5.74, 6) is 5.90. The van der Waals surface area contributed by atoms with Gasteiger partial charge in [0.15, 0.2) is 5.82 Å². The average Bonchev–Trinajstić information content (AvgIpc) is 3.97. The van der Waals surface area contributed by atoms with E-state index in [4.69, 9.17) is 4.74 Å². The highest BCUT2D eigenvalue weighted by Crippen LogP contribution is 2.36. The molecule has 1 aliphatic carbocycles. The summed E-state index contributed by atoms with van der Waals surface area (Å²) < 4.78 is 10.3. The van der Waals surface area contributed by atoms with E-state index in [1.54, 1.807) is 24.0 Å². The van der Waals surface area contributed by atoms with Crippen LogP contribution in [0.2, 0.25) is 0 Å². The van der Waals surface area contributed by atoms with Gasteiger partial charge >= 0.3 is 5.69 Å². The van der Waals surface area contributed by atoms with Gasteiger partial charge in [0.2, 0.25) is 18.2 Å². The van der Waals surface area contributed by atoms with E-state index >= 15 is 0 Å². The largest absolute Gasteiger partial charge is 0.356 e. The van der Waals surface area contributed by atoms with Crippen molar-refractivity contribution in [3.05, 3.63) is 93.8 Å². The molecule has 5 N–H and O–H groups in total. The summed E-state index contributed by atoms with van der Waals surface area (Å²) in [7, 11) is 3.63. The first-order chi connectivity index (χ1) is 26.9. The monoisotopic (exact) mass is 762 g/mol. The number of fused-ring (bicyclic) bond motifs is 1. The Kier molecular flexibility index (Phi) is 11.3. The quantitative estimate of drug-likeness (QED) is 0.0717. The van der Waals surface area contributed by atoms with Crippen LogP contribution in [-0.2, 0) is 27.9 Å². The van der Waals surface area contributed by atoms with Crippen molar-refractivity contribution in [2.75, 3.05) is 18.9 Å². The zero-order valence-corrected chi connectivity index (χ0v) is 31.8. The summed E-state index contributed by atoms with van der Waals surface area (Å²) in [5.41, 5.74) is 4.74. The molecular formula is C40H46N10O6. The molecule has 2 aromatic carbocycles. The second-order valence-corrected chi connectivity index (χ2v) is 14.8. The van der Waals surface area contributed by atoms with Gasteiger partial charge in [0, 0.05) is 49.9 Å². The lowest BCUT2D eigenvalue weighted by Crippen LogP contribution is -2.44. The standard InChI is InChI=1S/C40H46N10O6/c1-24(2)42-39(54)56-30-15-12-27(19-30)31-20-34(46-45-31)43-37(52)28-21-41-49(23-28)29-13-10-25(11-14-29)22-47(3)18-6-8-26-7-5-9-32-36(26)48(4)40(55)50(32)33-16-17-35(51)44-38(33)53/h5,7,9-11,13-14,20-21,23-24,27,30,33,39,42,54H,12,15-19,22H2,1-4H3,(H,44,51,53)(H2,43,45,46,52)/t27-,30+,33?,39?/m0/s1. The SMILES string of the molecule is CC(C)NC(O)O[C@@H]1CC[C@H](c2cc(NC(=O)c3cnn(-c4ccc(CN(C)CC#Cc5cccc6c5n(C)c(=O)n6C5CCC(=O)NC5=O)cc4)c3)n[nH]2)C1. The summed E-state index contributed by atoms with van der Waals surface area (Å²) in [6.45, 7) is 4.99. The second kappa shape index (κ2) is 16.5. The number of piperidine rings is 1. The number of aromatic amines is 1. The Balaban J connectivity index is 0.921. The van der Waals surface area contributed by atoms with Crippen molar-refractivity contribution < 1.29 is 24.2 Å². The van der Waals surface area contributed by atoms with Crippen molar-refractivity contribution >= 4 is 34.6 Å². The fourth-order valence-corrected chi connectivity index (χ4v) is 7.39. The average molecular weight is 763 g/mol. The Morgan fingerprint density at radius 1 is 1.12 bits per heavy atom. The number of aryl methyl sites for hydroxylation is 1. The molecule has 3 amide bonds. The summed E-state index contributed by atoms with van der Waals surface area (Å²) in [4.78, 5) is 52.6. The van der Waals surface area contributed by atoms with Gasteiger partial charge in [0.05, 0.1) is 46.7 Å². The maximum absolute atomic E-state index is 13.2. The van der Waals surface area contributed by atoms with Crippen LogP contribution in [0.4, 0.5) is 5.82 Å². The van der Waals surface area contributed by atoms with Crippen molar-refractivity contribution in [1.29, 1.82) is 0 Å². The van der Waals surface area contributed by atoms with Gasteiger partial charge in [0.25, 0.3) is 5.91 Å². The zero-order valence-electron chi connectivity index (χ0n) is 31.8. The summed E-state index contributed by atoms with van der Waals surface area (Å²) in [6, 6.07) is 14.5. The van der Waals surface area contributed by atoms with E-state index in [-0.39, 0.29) is 48.4 Å². The number of amides is 3. The molecule has 2 fully saturated rings. The number of imide groups is 1. The third-order valence-electron chi connectivity index (χ3n) is 10.2. The highest BCUT2D eigenvalue weighted by molar-refractivity contribution is 6.03. The van der Waals surface area contributed by atoms with Gasteiger partial charge in [-0.1, -0.05) is 30.0 Å². The van der Waals surface area contributed by atoms with Gasteiger partial charge in [-0.2, -0.15) is 10.2 Å². The molecule has 1 saturated carbocycles. The minimum atomic E-state index is -1.00. The Morgan fingerprint density at radius 2 is 1.93 bits per heavy atom. The minimum absolute atomic E-state index is 0.0640. The lowest BCUT2D eigenvalue weighted by molar-refractivity contribution is -0.155. The molecule has 4 atom stereocenters. The highest BCUT2D eigenvalue weighted by atomic mass is 16.6. The molecule has 16 heteroatoms. The number of carbonyl (C=O) groups is 3. The van der Waals surface area contributed by atoms with E-state index in [0.717, 1.165) is 36.2 Å². The number of benzene rings is 2. The van der Waals surface area contributed by atoms with Crippen molar-refractivity contribution in [2.45, 2.75) is 83.0 Å². The lowest BCUT2D eigenvalue weighted by atomic mass is 10.0. The van der Waals surface area contributed by atoms with Gasteiger partial charge < -0.3 is 15.2 Å². The number of aliphatic hydroxyl groups is 1. The third-order valence-corrected chi connectivity index (χ3v) is 10.2. The highest BCUT2D eigenvalue weighted by Gasteiger charge is 2.32. The number of nitrogens with one attached hydrogen (secondary N) is 4. The van der Waals surface area contributed by atoms with E-state index in [0.29, 0.717) is 41.1 Å². The van der Waals surface area contributed by atoms with E-state index in [2.05, 4.69) is 48.0 Å². The number of aromatic nitrogens is 6. The molecule has 1 aliphatic heterocycles. The van der Waals surface area contributed by atoms with Crippen LogP contribution in [0.3, 0.4) is 0 Å². The predicted molar refractivity (Wildman–Crippen MR) is 208 cm³/mol. The van der Waals surface area contributed by atoms with E-state index in [1.807, 2.05) is 63.4 Å². The number of hydrogen-bond acceptors (Lipinski definition) is 10. The molecule has 3 aromatic heterocycles. The number of carbonyl (C=O) groups excluding carboxylic acids is 3. The number of para-hydroxylation sites is 1. The maximum atomic E-state index is 13.2. The fraction of sp³-hybridized carbons (Fsp3) is 0.400. The van der Waals surface area contributed by atoms with Crippen molar-refractivity contribution in [2.24, 2.45) is 7.05 Å². The van der Waals surface area contributed by atoms with Gasteiger partial charge in [-0.05, 0) is 76.4 Å². The Labute approximate surface area is 323 Å². The predicted octanol–water partition coefficient (Wildman–Crippen LogP) is 2.89. The van der Waals surface area contributed by atoms with E-state index < -0.39 is 18.4 Å².